The van der Waals surface area contributed by atoms with E-state index in [1.807, 2.05) is 0 Å². The molecule has 102 valence electrons. The Balaban J connectivity index is 1.61. The van der Waals surface area contributed by atoms with Crippen molar-refractivity contribution >= 4 is 23.2 Å². The number of fused-ring (bicyclic) bond motifs is 2. The summed E-state index contributed by atoms with van der Waals surface area (Å²) in [5.74, 6) is 1.48. The van der Waals surface area contributed by atoms with E-state index in [0.717, 1.165) is 12.3 Å². The molecule has 2 aliphatic carbocycles. The van der Waals surface area contributed by atoms with Gasteiger partial charge in [-0.05, 0) is 55.2 Å². The summed E-state index contributed by atoms with van der Waals surface area (Å²) in [4.78, 5) is 12.0. The topological polar surface area (TPSA) is 29.1 Å². The van der Waals surface area contributed by atoms with Crippen LogP contribution in [-0.2, 0) is 4.79 Å². The van der Waals surface area contributed by atoms with E-state index in [1.54, 1.807) is 0 Å². The van der Waals surface area contributed by atoms with Gasteiger partial charge in [-0.25, -0.2) is 4.39 Å². The maximum Gasteiger partial charge on any atom is 0.224 e. The van der Waals surface area contributed by atoms with Crippen LogP contribution in [-0.4, -0.2) is 5.91 Å². The minimum absolute atomic E-state index is 0.0984. The highest BCUT2D eigenvalue weighted by Gasteiger charge is 2.40. The van der Waals surface area contributed by atoms with Crippen LogP contribution >= 0.6 is 11.6 Å². The van der Waals surface area contributed by atoms with Gasteiger partial charge in [0.15, 0.2) is 0 Å². The lowest BCUT2D eigenvalue weighted by Crippen LogP contribution is -2.20. The standard InChI is InChI=1S/C15H17ClFNO/c16-12-3-4-13(17)14(8-12)18-15(19)7-11-6-9-1-2-10(11)5-9/h3-4,8-11H,1-2,5-7H2,(H,18,19)/t9-,10+,11+/m0/s1. The van der Waals surface area contributed by atoms with Crippen molar-refractivity contribution in [1.82, 2.24) is 0 Å². The van der Waals surface area contributed by atoms with Crippen molar-refractivity contribution in [3.63, 3.8) is 0 Å². The van der Waals surface area contributed by atoms with Crippen LogP contribution in [0.2, 0.25) is 5.02 Å². The van der Waals surface area contributed by atoms with E-state index in [1.165, 1.54) is 37.5 Å². The zero-order chi connectivity index (χ0) is 13.4. The summed E-state index contributed by atoms with van der Waals surface area (Å²) in [5, 5.41) is 3.07. The highest BCUT2D eigenvalue weighted by atomic mass is 35.5. The number of carbonyl (C=O) groups excluding carboxylic acids is 1. The Hall–Kier alpha value is -1.09. The number of nitrogens with one attached hydrogen (secondary N) is 1. The summed E-state index contributed by atoms with van der Waals surface area (Å²) >= 11 is 5.80. The molecule has 0 radical (unpaired) electrons. The first-order valence-electron chi connectivity index (χ1n) is 6.86. The van der Waals surface area contributed by atoms with Gasteiger partial charge in [-0.15, -0.1) is 0 Å². The molecule has 0 heterocycles. The molecule has 0 aliphatic heterocycles. The first-order chi connectivity index (χ1) is 9.11. The average molecular weight is 282 g/mol. The Kier molecular flexibility index (Phi) is 3.48. The molecule has 1 aromatic carbocycles. The number of rotatable bonds is 3. The lowest BCUT2D eigenvalue weighted by atomic mass is 9.86. The van der Waals surface area contributed by atoms with Crippen molar-refractivity contribution in [2.45, 2.75) is 32.1 Å². The molecular formula is C15H17ClFNO. The SMILES string of the molecule is O=C(C[C@H]1C[C@H]2CC[C@@H]1C2)Nc1cc(Cl)ccc1F. The third-order valence-corrected chi connectivity index (χ3v) is 4.77. The molecule has 19 heavy (non-hydrogen) atoms. The quantitative estimate of drug-likeness (QED) is 0.882. The minimum atomic E-state index is -0.439. The Morgan fingerprint density at radius 3 is 2.89 bits per heavy atom. The van der Waals surface area contributed by atoms with Gasteiger partial charge in [-0.2, -0.15) is 0 Å². The summed E-state index contributed by atoms with van der Waals surface area (Å²) in [6.07, 6.45) is 5.53. The van der Waals surface area contributed by atoms with E-state index in [9.17, 15) is 9.18 Å². The lowest BCUT2D eigenvalue weighted by Gasteiger charge is -2.21. The fourth-order valence-electron chi connectivity index (χ4n) is 3.66. The van der Waals surface area contributed by atoms with Crippen molar-refractivity contribution in [3.05, 3.63) is 29.0 Å². The summed E-state index contributed by atoms with van der Waals surface area (Å²) < 4.78 is 13.5. The highest BCUT2D eigenvalue weighted by Crippen LogP contribution is 2.49. The van der Waals surface area contributed by atoms with E-state index in [0.29, 0.717) is 23.3 Å². The predicted octanol–water partition coefficient (Wildman–Crippen LogP) is 4.24. The second kappa shape index (κ2) is 5.12. The van der Waals surface area contributed by atoms with Crippen molar-refractivity contribution in [3.8, 4) is 0 Å². The highest BCUT2D eigenvalue weighted by molar-refractivity contribution is 6.30. The Morgan fingerprint density at radius 2 is 2.21 bits per heavy atom. The third-order valence-electron chi connectivity index (χ3n) is 4.53. The number of anilines is 1. The monoisotopic (exact) mass is 281 g/mol. The number of benzene rings is 1. The molecule has 1 N–H and O–H groups in total. The van der Waals surface area contributed by atoms with Gasteiger partial charge in [0.1, 0.15) is 5.82 Å². The predicted molar refractivity (Wildman–Crippen MR) is 73.6 cm³/mol. The van der Waals surface area contributed by atoms with Crippen molar-refractivity contribution in [1.29, 1.82) is 0 Å². The Bertz CT molecular complexity index is 505. The van der Waals surface area contributed by atoms with E-state index in [2.05, 4.69) is 5.32 Å². The van der Waals surface area contributed by atoms with Gasteiger partial charge < -0.3 is 5.32 Å². The maximum atomic E-state index is 13.5. The summed E-state index contributed by atoms with van der Waals surface area (Å²) in [6.45, 7) is 0. The van der Waals surface area contributed by atoms with Crippen molar-refractivity contribution in [2.75, 3.05) is 5.32 Å². The first-order valence-corrected chi connectivity index (χ1v) is 7.24. The molecule has 0 unspecified atom stereocenters. The van der Waals surface area contributed by atoms with Crippen LogP contribution < -0.4 is 5.32 Å². The normalized spacial score (nSPS) is 28.6. The number of amides is 1. The van der Waals surface area contributed by atoms with Gasteiger partial charge in [0.05, 0.1) is 5.69 Å². The third kappa shape index (κ3) is 2.76. The molecule has 3 atom stereocenters. The van der Waals surface area contributed by atoms with Gasteiger partial charge in [0.25, 0.3) is 0 Å². The van der Waals surface area contributed by atoms with Crippen LogP contribution in [0, 0.1) is 23.6 Å². The van der Waals surface area contributed by atoms with E-state index in [4.69, 9.17) is 11.6 Å². The smallest absolute Gasteiger partial charge is 0.224 e. The van der Waals surface area contributed by atoms with Crippen LogP contribution in [0.5, 0.6) is 0 Å². The molecule has 2 bridgehead atoms. The number of hydrogen-bond acceptors (Lipinski definition) is 1. The molecule has 4 heteroatoms. The molecule has 2 fully saturated rings. The van der Waals surface area contributed by atoms with Gasteiger partial charge >= 0.3 is 0 Å². The molecule has 0 saturated heterocycles. The first kappa shape index (κ1) is 12.9. The summed E-state index contributed by atoms with van der Waals surface area (Å²) in [7, 11) is 0. The number of hydrogen-bond donors (Lipinski definition) is 1. The average Bonchev–Trinajstić information content (AvgIpc) is 2.96. The fourth-order valence-corrected chi connectivity index (χ4v) is 3.83. The molecule has 2 aliphatic rings. The van der Waals surface area contributed by atoms with Crippen LogP contribution in [0.4, 0.5) is 10.1 Å². The minimum Gasteiger partial charge on any atom is -0.324 e. The Labute approximate surface area is 117 Å². The zero-order valence-corrected chi connectivity index (χ0v) is 11.4. The molecule has 1 aromatic rings. The van der Waals surface area contributed by atoms with Crippen molar-refractivity contribution in [2.24, 2.45) is 17.8 Å². The molecule has 3 rings (SSSR count). The number of carbonyl (C=O) groups is 1. The van der Waals surface area contributed by atoms with Gasteiger partial charge in [0.2, 0.25) is 5.91 Å². The molecular weight excluding hydrogens is 265 g/mol. The van der Waals surface area contributed by atoms with Crippen LogP contribution in [0.1, 0.15) is 32.1 Å². The molecule has 0 spiro atoms. The van der Waals surface area contributed by atoms with Crippen LogP contribution in [0.25, 0.3) is 0 Å². The second-order valence-electron chi connectivity index (χ2n) is 5.81. The molecule has 2 nitrogen and oxygen atoms in total. The second-order valence-corrected chi connectivity index (χ2v) is 6.25. The summed E-state index contributed by atoms with van der Waals surface area (Å²) in [6, 6.07) is 4.20. The Morgan fingerprint density at radius 1 is 1.37 bits per heavy atom. The van der Waals surface area contributed by atoms with Crippen LogP contribution in [0.3, 0.4) is 0 Å². The molecule has 2 saturated carbocycles. The number of halogens is 2. The van der Waals surface area contributed by atoms with Gasteiger partial charge in [-0.3, -0.25) is 4.79 Å². The zero-order valence-electron chi connectivity index (χ0n) is 10.7. The maximum absolute atomic E-state index is 13.5. The van der Waals surface area contributed by atoms with Gasteiger partial charge in [-0.1, -0.05) is 18.0 Å². The van der Waals surface area contributed by atoms with Crippen LogP contribution in [0.15, 0.2) is 18.2 Å². The van der Waals surface area contributed by atoms with E-state index < -0.39 is 5.82 Å². The van der Waals surface area contributed by atoms with Gasteiger partial charge in [0, 0.05) is 11.4 Å². The van der Waals surface area contributed by atoms with Crippen molar-refractivity contribution < 1.29 is 9.18 Å². The molecule has 1 amide bonds. The largest absolute Gasteiger partial charge is 0.324 e. The lowest BCUT2D eigenvalue weighted by molar-refractivity contribution is -0.117. The van der Waals surface area contributed by atoms with E-state index >= 15 is 0 Å². The van der Waals surface area contributed by atoms with E-state index in [-0.39, 0.29) is 11.6 Å². The summed E-state index contributed by atoms with van der Waals surface area (Å²) in [5.41, 5.74) is 0.181. The fraction of sp³-hybridized carbons (Fsp3) is 0.533. The molecule has 0 aromatic heterocycles.